The molecule has 2 aliphatic rings. The first kappa shape index (κ1) is 22.1. The Kier molecular flexibility index (Phi) is 7.27. The van der Waals surface area contributed by atoms with Gasteiger partial charge in [0.15, 0.2) is 0 Å². The molecule has 3 rings (SSSR count). The Bertz CT molecular complexity index is 773. The molecule has 1 amide bonds. The number of carbonyl (C=O) groups is 1. The molecule has 0 bridgehead atoms. The number of ether oxygens (including phenoxy) is 1. The van der Waals surface area contributed by atoms with Crippen molar-refractivity contribution in [3.05, 3.63) is 23.8 Å². The smallest absolute Gasteiger partial charge is 0.244 e. The van der Waals surface area contributed by atoms with Crippen molar-refractivity contribution in [1.29, 1.82) is 0 Å². The molecule has 2 aliphatic heterocycles. The van der Waals surface area contributed by atoms with Gasteiger partial charge in [-0.1, -0.05) is 12.5 Å². The van der Waals surface area contributed by atoms with E-state index >= 15 is 0 Å². The van der Waals surface area contributed by atoms with E-state index in [9.17, 15) is 13.2 Å². The standard InChI is InChI=1S/C18H27N3O4S.ClH/c1-14-5-6-15(20-17(22)18(19)7-11-25-12-8-18)13-16(14)26(23,24)21-9-3-2-4-10-21;/h5-6,13H,2-4,7-12,19H2,1H3,(H,20,22);1H. The van der Waals surface area contributed by atoms with Crippen LogP contribution in [0.1, 0.15) is 37.7 Å². The highest BCUT2D eigenvalue weighted by Gasteiger charge is 2.36. The van der Waals surface area contributed by atoms with Crippen LogP contribution in [-0.2, 0) is 19.6 Å². The van der Waals surface area contributed by atoms with Crippen LogP contribution in [0.5, 0.6) is 0 Å². The fraction of sp³-hybridized carbons (Fsp3) is 0.611. The molecule has 2 fully saturated rings. The summed E-state index contributed by atoms with van der Waals surface area (Å²) in [6.07, 6.45) is 3.72. The Morgan fingerprint density at radius 2 is 1.81 bits per heavy atom. The fourth-order valence-electron chi connectivity index (χ4n) is 3.42. The molecule has 0 atom stereocenters. The highest BCUT2D eigenvalue weighted by molar-refractivity contribution is 7.89. The summed E-state index contributed by atoms with van der Waals surface area (Å²) in [6, 6.07) is 4.98. The van der Waals surface area contributed by atoms with Gasteiger partial charge in [0.2, 0.25) is 15.9 Å². The average Bonchev–Trinajstić information content (AvgIpc) is 2.64. The van der Waals surface area contributed by atoms with E-state index in [-0.39, 0.29) is 23.2 Å². The number of benzene rings is 1. The zero-order valence-electron chi connectivity index (χ0n) is 15.6. The number of carbonyl (C=O) groups excluding carboxylic acids is 1. The minimum absolute atomic E-state index is 0. The number of rotatable bonds is 4. The van der Waals surface area contributed by atoms with Crippen LogP contribution in [0.3, 0.4) is 0 Å². The van der Waals surface area contributed by atoms with Crippen molar-refractivity contribution < 1.29 is 17.9 Å². The zero-order chi connectivity index (χ0) is 18.8. The van der Waals surface area contributed by atoms with E-state index in [1.54, 1.807) is 25.1 Å². The van der Waals surface area contributed by atoms with E-state index in [1.807, 2.05) is 0 Å². The summed E-state index contributed by atoms with van der Waals surface area (Å²) in [7, 11) is -3.56. The SMILES string of the molecule is Cc1ccc(NC(=O)C2(N)CCOCC2)cc1S(=O)(=O)N1CCCCC1.Cl. The molecule has 3 N–H and O–H groups in total. The maximum Gasteiger partial charge on any atom is 0.244 e. The van der Waals surface area contributed by atoms with Crippen molar-refractivity contribution in [3.8, 4) is 0 Å². The van der Waals surface area contributed by atoms with Crippen molar-refractivity contribution in [1.82, 2.24) is 4.31 Å². The molecule has 0 spiro atoms. The van der Waals surface area contributed by atoms with Crippen molar-refractivity contribution in [2.45, 2.75) is 49.5 Å². The molecular weight excluding hydrogens is 390 g/mol. The van der Waals surface area contributed by atoms with Crippen molar-refractivity contribution >= 4 is 34.0 Å². The molecule has 0 aromatic heterocycles. The topological polar surface area (TPSA) is 102 Å². The molecule has 0 unspecified atom stereocenters. The number of nitrogens with two attached hydrogens (primary N) is 1. The van der Waals surface area contributed by atoms with Crippen molar-refractivity contribution in [2.24, 2.45) is 5.73 Å². The second kappa shape index (κ2) is 8.87. The summed E-state index contributed by atoms with van der Waals surface area (Å²) in [4.78, 5) is 12.8. The molecule has 9 heteroatoms. The number of hydrogen-bond donors (Lipinski definition) is 2. The lowest BCUT2D eigenvalue weighted by molar-refractivity contribution is -0.124. The van der Waals surface area contributed by atoms with E-state index in [1.165, 1.54) is 4.31 Å². The second-order valence-corrected chi connectivity index (χ2v) is 9.07. The maximum absolute atomic E-state index is 13.0. The monoisotopic (exact) mass is 417 g/mol. The lowest BCUT2D eigenvalue weighted by atomic mass is 9.90. The van der Waals surface area contributed by atoms with Gasteiger partial charge in [0.25, 0.3) is 0 Å². The molecular formula is C18H28ClN3O4S. The number of aryl methyl sites for hydroxylation is 1. The van der Waals surface area contributed by atoms with E-state index in [0.29, 0.717) is 50.4 Å². The van der Waals surface area contributed by atoms with E-state index in [0.717, 1.165) is 19.3 Å². The van der Waals surface area contributed by atoms with Gasteiger partial charge in [-0.25, -0.2) is 8.42 Å². The molecule has 27 heavy (non-hydrogen) atoms. The Morgan fingerprint density at radius 1 is 1.19 bits per heavy atom. The van der Waals surface area contributed by atoms with Gasteiger partial charge in [-0.05, 0) is 50.3 Å². The van der Waals surface area contributed by atoms with Crippen LogP contribution >= 0.6 is 12.4 Å². The van der Waals surface area contributed by atoms with E-state index in [2.05, 4.69) is 5.32 Å². The second-order valence-electron chi connectivity index (χ2n) is 7.17. The highest BCUT2D eigenvalue weighted by atomic mass is 35.5. The van der Waals surface area contributed by atoms with Crippen LogP contribution in [0.2, 0.25) is 0 Å². The molecule has 152 valence electrons. The zero-order valence-corrected chi connectivity index (χ0v) is 17.2. The van der Waals surface area contributed by atoms with Gasteiger partial charge < -0.3 is 15.8 Å². The van der Waals surface area contributed by atoms with E-state index in [4.69, 9.17) is 10.5 Å². The van der Waals surface area contributed by atoms with Crippen LogP contribution in [0.25, 0.3) is 0 Å². The van der Waals surface area contributed by atoms with Crippen LogP contribution in [0, 0.1) is 6.92 Å². The van der Waals surface area contributed by atoms with Gasteiger partial charge in [-0.2, -0.15) is 4.31 Å². The first-order valence-electron chi connectivity index (χ1n) is 9.12. The average molecular weight is 418 g/mol. The molecule has 0 saturated carbocycles. The largest absolute Gasteiger partial charge is 0.381 e. The lowest BCUT2D eigenvalue weighted by Gasteiger charge is -2.32. The molecule has 0 aliphatic carbocycles. The normalized spacial score (nSPS) is 20.5. The van der Waals surface area contributed by atoms with Crippen LogP contribution in [-0.4, -0.2) is 50.5 Å². The molecule has 7 nitrogen and oxygen atoms in total. The van der Waals surface area contributed by atoms with Crippen LogP contribution in [0.4, 0.5) is 5.69 Å². The van der Waals surface area contributed by atoms with Gasteiger partial charge in [-0.3, -0.25) is 4.79 Å². The number of piperidine rings is 1. The third kappa shape index (κ3) is 4.81. The first-order chi connectivity index (χ1) is 12.3. The molecule has 2 heterocycles. The van der Waals surface area contributed by atoms with Crippen LogP contribution < -0.4 is 11.1 Å². The minimum atomic E-state index is -3.56. The van der Waals surface area contributed by atoms with Crippen LogP contribution in [0.15, 0.2) is 23.1 Å². The summed E-state index contributed by atoms with van der Waals surface area (Å²) in [5, 5.41) is 2.79. The maximum atomic E-state index is 13.0. The third-order valence-corrected chi connectivity index (χ3v) is 7.26. The molecule has 0 radical (unpaired) electrons. The van der Waals surface area contributed by atoms with Gasteiger partial charge in [0.05, 0.1) is 4.90 Å². The number of nitrogens with zero attached hydrogens (tertiary/aromatic N) is 1. The number of amides is 1. The third-order valence-electron chi connectivity index (χ3n) is 5.22. The number of sulfonamides is 1. The van der Waals surface area contributed by atoms with Crippen molar-refractivity contribution in [2.75, 3.05) is 31.6 Å². The predicted molar refractivity (Wildman–Crippen MR) is 107 cm³/mol. The summed E-state index contributed by atoms with van der Waals surface area (Å²) < 4.78 is 32.8. The van der Waals surface area contributed by atoms with E-state index < -0.39 is 15.6 Å². The molecule has 2 saturated heterocycles. The summed E-state index contributed by atoms with van der Waals surface area (Å²) >= 11 is 0. The number of anilines is 1. The van der Waals surface area contributed by atoms with Gasteiger partial charge in [0.1, 0.15) is 5.54 Å². The molecule has 1 aromatic carbocycles. The Labute approximate surface area is 167 Å². The first-order valence-corrected chi connectivity index (χ1v) is 10.6. The number of nitrogens with one attached hydrogen (secondary N) is 1. The number of halogens is 1. The Hall–Kier alpha value is -1.19. The Morgan fingerprint density at radius 3 is 2.44 bits per heavy atom. The van der Waals surface area contributed by atoms with Gasteiger partial charge >= 0.3 is 0 Å². The van der Waals surface area contributed by atoms with Crippen molar-refractivity contribution in [3.63, 3.8) is 0 Å². The highest BCUT2D eigenvalue weighted by Crippen LogP contribution is 2.27. The predicted octanol–water partition coefficient (Wildman–Crippen LogP) is 2.04. The van der Waals surface area contributed by atoms with Gasteiger partial charge in [0, 0.05) is 32.0 Å². The summed E-state index contributed by atoms with van der Waals surface area (Å²) in [6.45, 7) is 3.76. The minimum Gasteiger partial charge on any atom is -0.381 e. The molecule has 1 aromatic rings. The number of hydrogen-bond acceptors (Lipinski definition) is 5. The fourth-order valence-corrected chi connectivity index (χ4v) is 5.19. The summed E-state index contributed by atoms with van der Waals surface area (Å²) in [5.74, 6) is -0.300. The quantitative estimate of drug-likeness (QED) is 0.780. The van der Waals surface area contributed by atoms with Gasteiger partial charge in [-0.15, -0.1) is 12.4 Å². The Balaban J connectivity index is 0.00000261. The lowest BCUT2D eigenvalue weighted by Crippen LogP contribution is -2.54. The summed E-state index contributed by atoms with van der Waals surface area (Å²) in [5.41, 5.74) is 6.35.